The molecule has 7 nitrogen and oxygen atoms in total. The molecule has 0 radical (unpaired) electrons. The molecule has 1 aliphatic heterocycles. The van der Waals surface area contributed by atoms with E-state index in [2.05, 4.69) is 44.8 Å². The van der Waals surface area contributed by atoms with E-state index >= 15 is 0 Å². The van der Waals surface area contributed by atoms with Gasteiger partial charge >= 0.3 is 0 Å². The van der Waals surface area contributed by atoms with E-state index in [0.717, 1.165) is 58.3 Å². The highest BCUT2D eigenvalue weighted by atomic mass is 127. The summed E-state index contributed by atoms with van der Waals surface area (Å²) in [6.07, 6.45) is 1.38. The topological polar surface area (TPSA) is 69.2 Å². The summed E-state index contributed by atoms with van der Waals surface area (Å²) < 4.78 is 5.33. The number of anilines is 1. The van der Waals surface area contributed by atoms with Crippen molar-refractivity contribution in [3.63, 3.8) is 0 Å². The van der Waals surface area contributed by atoms with Crippen molar-refractivity contribution in [1.29, 1.82) is 0 Å². The van der Waals surface area contributed by atoms with Crippen molar-refractivity contribution < 1.29 is 9.53 Å². The normalized spacial score (nSPS) is 14.3. The number of rotatable bonds is 10. The molecule has 1 fully saturated rings. The van der Waals surface area contributed by atoms with E-state index in [1.807, 2.05) is 24.8 Å². The predicted molar refractivity (Wildman–Crippen MR) is 130 cm³/mol. The van der Waals surface area contributed by atoms with Crippen LogP contribution in [-0.2, 0) is 9.53 Å². The van der Waals surface area contributed by atoms with Gasteiger partial charge in [-0.15, -0.1) is 24.0 Å². The number of hydrogen-bond acceptors (Lipinski definition) is 4. The first-order chi connectivity index (χ1) is 13.7. The highest BCUT2D eigenvalue weighted by Crippen LogP contribution is 2.15. The number of nitrogens with one attached hydrogen (secondary N) is 2. The molecule has 0 spiro atoms. The van der Waals surface area contributed by atoms with Crippen molar-refractivity contribution >= 4 is 41.5 Å². The van der Waals surface area contributed by atoms with Crippen molar-refractivity contribution in [2.45, 2.75) is 26.7 Å². The lowest BCUT2D eigenvalue weighted by atomic mass is 10.2. The van der Waals surface area contributed by atoms with E-state index < -0.39 is 0 Å². The van der Waals surface area contributed by atoms with E-state index in [1.165, 1.54) is 5.69 Å². The van der Waals surface area contributed by atoms with E-state index in [0.29, 0.717) is 19.5 Å². The van der Waals surface area contributed by atoms with Crippen molar-refractivity contribution in [3.8, 4) is 0 Å². The molecular weight excluding hydrogens is 481 g/mol. The van der Waals surface area contributed by atoms with Crippen LogP contribution in [-0.4, -0.2) is 75.8 Å². The van der Waals surface area contributed by atoms with Gasteiger partial charge in [0.25, 0.3) is 0 Å². The van der Waals surface area contributed by atoms with Gasteiger partial charge in [0.15, 0.2) is 5.96 Å². The van der Waals surface area contributed by atoms with Crippen molar-refractivity contribution in [3.05, 3.63) is 30.3 Å². The Morgan fingerprint density at radius 1 is 1.10 bits per heavy atom. The zero-order valence-electron chi connectivity index (χ0n) is 17.7. The number of para-hydroxylation sites is 1. The number of nitrogens with zero attached hydrogens (tertiary/aromatic N) is 3. The molecule has 1 saturated heterocycles. The first-order valence-corrected chi connectivity index (χ1v) is 10.4. The first kappa shape index (κ1) is 25.5. The molecule has 1 heterocycles. The van der Waals surface area contributed by atoms with Gasteiger partial charge in [-0.2, -0.15) is 0 Å². The monoisotopic (exact) mass is 517 g/mol. The third-order valence-electron chi connectivity index (χ3n) is 4.65. The number of hydrogen-bond donors (Lipinski definition) is 2. The average molecular weight is 517 g/mol. The maximum absolute atomic E-state index is 12.5. The van der Waals surface area contributed by atoms with Crippen LogP contribution in [0.2, 0.25) is 0 Å². The van der Waals surface area contributed by atoms with Gasteiger partial charge in [0.1, 0.15) is 0 Å². The van der Waals surface area contributed by atoms with Gasteiger partial charge in [0.2, 0.25) is 5.91 Å². The Morgan fingerprint density at radius 3 is 2.48 bits per heavy atom. The number of benzene rings is 1. The number of aliphatic imine (C=N–C) groups is 1. The number of carbonyl (C=O) groups is 1. The molecule has 29 heavy (non-hydrogen) atoms. The molecule has 1 aromatic carbocycles. The van der Waals surface area contributed by atoms with Gasteiger partial charge in [-0.25, -0.2) is 0 Å². The molecule has 1 aromatic rings. The second-order valence-corrected chi connectivity index (χ2v) is 6.69. The number of amides is 1. The van der Waals surface area contributed by atoms with Crippen LogP contribution < -0.4 is 15.5 Å². The maximum atomic E-state index is 12.5. The number of halogens is 1. The standard InChI is InChI=1S/C21H35N5O2.HI/c1-3-22-21(23-12-8-18-28-4-2)24-13-11-20(27)26-16-14-25(15-17-26)19-9-6-5-7-10-19;/h5-7,9-10H,3-4,8,11-18H2,1-2H3,(H2,22,23,24);1H. The Labute approximate surface area is 192 Å². The summed E-state index contributed by atoms with van der Waals surface area (Å²) in [6.45, 7) is 10.9. The van der Waals surface area contributed by atoms with Crippen LogP contribution in [0.4, 0.5) is 5.69 Å². The van der Waals surface area contributed by atoms with Crippen LogP contribution in [0, 0.1) is 0 Å². The van der Waals surface area contributed by atoms with Crippen LogP contribution >= 0.6 is 24.0 Å². The van der Waals surface area contributed by atoms with E-state index in [4.69, 9.17) is 4.74 Å². The molecule has 1 aliphatic rings. The zero-order chi connectivity index (χ0) is 20.0. The van der Waals surface area contributed by atoms with Gasteiger partial charge in [0.05, 0.1) is 0 Å². The van der Waals surface area contributed by atoms with Crippen LogP contribution in [0.5, 0.6) is 0 Å². The summed E-state index contributed by atoms with van der Waals surface area (Å²) in [4.78, 5) is 21.3. The van der Waals surface area contributed by atoms with Crippen LogP contribution in [0.1, 0.15) is 26.7 Å². The van der Waals surface area contributed by atoms with Crippen molar-refractivity contribution in [2.24, 2.45) is 4.99 Å². The molecule has 2 N–H and O–H groups in total. The first-order valence-electron chi connectivity index (χ1n) is 10.4. The minimum absolute atomic E-state index is 0. The SMILES string of the molecule is CCNC(=NCCCOCC)NCCC(=O)N1CCN(c2ccccc2)CC1.I. The summed E-state index contributed by atoms with van der Waals surface area (Å²) in [5, 5.41) is 6.47. The highest BCUT2D eigenvalue weighted by molar-refractivity contribution is 14.0. The Bertz CT molecular complexity index is 592. The Kier molecular flexibility index (Phi) is 13.5. The van der Waals surface area contributed by atoms with E-state index in [-0.39, 0.29) is 29.9 Å². The fourth-order valence-electron chi connectivity index (χ4n) is 3.14. The number of guanidine groups is 1. The van der Waals surface area contributed by atoms with Gasteiger partial charge < -0.3 is 25.2 Å². The van der Waals surface area contributed by atoms with Crippen molar-refractivity contribution in [1.82, 2.24) is 15.5 Å². The minimum atomic E-state index is 0. The van der Waals surface area contributed by atoms with E-state index in [1.54, 1.807) is 0 Å². The zero-order valence-corrected chi connectivity index (χ0v) is 20.1. The Hall–Kier alpha value is -1.55. The molecule has 0 aromatic heterocycles. The average Bonchev–Trinajstić information content (AvgIpc) is 2.74. The molecule has 2 rings (SSSR count). The second kappa shape index (κ2) is 15.3. The summed E-state index contributed by atoms with van der Waals surface area (Å²) in [6, 6.07) is 10.4. The van der Waals surface area contributed by atoms with Gasteiger partial charge in [-0.1, -0.05) is 18.2 Å². The van der Waals surface area contributed by atoms with E-state index in [9.17, 15) is 4.79 Å². The maximum Gasteiger partial charge on any atom is 0.224 e. The minimum Gasteiger partial charge on any atom is -0.382 e. The third kappa shape index (κ3) is 9.66. The molecule has 0 unspecified atom stereocenters. The third-order valence-corrected chi connectivity index (χ3v) is 4.65. The molecule has 8 heteroatoms. The van der Waals surface area contributed by atoms with Gasteiger partial charge in [0, 0.05) is 71.1 Å². The quantitative estimate of drug-likeness (QED) is 0.216. The van der Waals surface area contributed by atoms with Crippen molar-refractivity contribution in [2.75, 3.05) is 63.9 Å². The lowest BCUT2D eigenvalue weighted by Crippen LogP contribution is -2.49. The van der Waals surface area contributed by atoms with Crippen LogP contribution in [0.25, 0.3) is 0 Å². The summed E-state index contributed by atoms with van der Waals surface area (Å²) in [5.74, 6) is 0.966. The Morgan fingerprint density at radius 2 is 1.83 bits per heavy atom. The molecule has 164 valence electrons. The number of piperazine rings is 1. The van der Waals surface area contributed by atoms with Gasteiger partial charge in [-0.3, -0.25) is 9.79 Å². The Balaban J connectivity index is 0.00000420. The predicted octanol–water partition coefficient (Wildman–Crippen LogP) is 2.33. The van der Waals surface area contributed by atoms with Gasteiger partial charge in [-0.05, 0) is 32.4 Å². The molecule has 1 amide bonds. The second-order valence-electron chi connectivity index (χ2n) is 6.69. The fraction of sp³-hybridized carbons (Fsp3) is 0.619. The van der Waals surface area contributed by atoms with Crippen LogP contribution in [0.15, 0.2) is 35.3 Å². The molecule has 0 atom stereocenters. The number of ether oxygens (including phenoxy) is 1. The smallest absolute Gasteiger partial charge is 0.224 e. The summed E-state index contributed by atoms with van der Waals surface area (Å²) in [5.41, 5.74) is 1.23. The molecular formula is C21H36IN5O2. The largest absolute Gasteiger partial charge is 0.382 e. The lowest BCUT2D eigenvalue weighted by molar-refractivity contribution is -0.131. The lowest BCUT2D eigenvalue weighted by Gasteiger charge is -2.36. The van der Waals surface area contributed by atoms with Crippen LogP contribution in [0.3, 0.4) is 0 Å². The summed E-state index contributed by atoms with van der Waals surface area (Å²) >= 11 is 0. The highest BCUT2D eigenvalue weighted by Gasteiger charge is 2.20. The fourth-order valence-corrected chi connectivity index (χ4v) is 3.14. The molecule has 0 bridgehead atoms. The molecule has 0 aliphatic carbocycles. The number of carbonyl (C=O) groups excluding carboxylic acids is 1. The molecule has 0 saturated carbocycles. The summed E-state index contributed by atoms with van der Waals surface area (Å²) in [7, 11) is 0.